The Labute approximate surface area is 208 Å². The van der Waals surface area contributed by atoms with Gasteiger partial charge in [-0.1, -0.05) is 48.2 Å². The Hall–Kier alpha value is -3.93. The number of fused-ring (bicyclic) bond motifs is 1. The van der Waals surface area contributed by atoms with Gasteiger partial charge in [0.2, 0.25) is 0 Å². The van der Waals surface area contributed by atoms with Gasteiger partial charge in [-0.05, 0) is 36.4 Å². The predicted molar refractivity (Wildman–Crippen MR) is 137 cm³/mol. The van der Waals surface area contributed by atoms with Crippen molar-refractivity contribution in [2.45, 2.75) is 16.3 Å². The number of nitrogens with two attached hydrogens (primary N) is 1. The third-order valence-corrected chi connectivity index (χ3v) is 7.20. The minimum absolute atomic E-state index is 0.00777. The predicted octanol–water partition coefficient (Wildman–Crippen LogP) is 4.19. The summed E-state index contributed by atoms with van der Waals surface area (Å²) in [6.07, 6.45) is 0. The van der Waals surface area contributed by atoms with Crippen molar-refractivity contribution in [3.63, 3.8) is 0 Å². The molecule has 174 valence electrons. The fraction of sp³-hybridized carbons (Fsp3) is 0.185. The molecule has 0 bridgehead atoms. The van der Waals surface area contributed by atoms with Gasteiger partial charge in [0.25, 0.3) is 5.91 Å². The van der Waals surface area contributed by atoms with Crippen LogP contribution >= 0.6 is 11.8 Å². The van der Waals surface area contributed by atoms with Crippen molar-refractivity contribution in [2.75, 3.05) is 31.9 Å². The maximum absolute atomic E-state index is 13.4. The van der Waals surface area contributed by atoms with Gasteiger partial charge in [0.1, 0.15) is 17.7 Å². The molecule has 5 rings (SSSR count). The molecule has 0 atom stereocenters. The Balaban J connectivity index is 1.26. The largest absolute Gasteiger partial charge is 0.383 e. The van der Waals surface area contributed by atoms with E-state index in [4.69, 9.17) is 5.73 Å². The average molecular weight is 481 g/mol. The molecule has 3 aromatic carbocycles. The SMILES string of the molecule is N#Cc1ccccc1Sc1ccccc1C(=O)N1CCN(Cc2nc(N)c3ccccc3n2)CC1. The molecular weight excluding hydrogens is 456 g/mol. The van der Waals surface area contributed by atoms with Crippen molar-refractivity contribution in [2.24, 2.45) is 0 Å². The third kappa shape index (κ3) is 4.97. The number of carbonyl (C=O) groups excluding carboxylic acids is 1. The van der Waals surface area contributed by atoms with Crippen molar-refractivity contribution in [1.82, 2.24) is 19.8 Å². The van der Waals surface area contributed by atoms with Crippen LogP contribution in [0.4, 0.5) is 5.82 Å². The molecule has 1 amide bonds. The summed E-state index contributed by atoms with van der Waals surface area (Å²) in [5.41, 5.74) is 8.24. The highest BCUT2D eigenvalue weighted by molar-refractivity contribution is 7.99. The molecule has 1 aliphatic heterocycles. The van der Waals surface area contributed by atoms with E-state index in [1.165, 1.54) is 11.8 Å². The number of rotatable bonds is 5. The maximum Gasteiger partial charge on any atom is 0.255 e. The standard InChI is InChI=1S/C27H24N6OS/c28-17-19-7-1-5-11-23(19)35-24-12-6-3-9-21(24)27(34)33-15-13-32(14-16-33)18-25-30-22-10-4-2-8-20(22)26(29)31-25/h1-12H,13-16,18H2,(H2,29,30,31). The summed E-state index contributed by atoms with van der Waals surface area (Å²) in [5, 5.41) is 10.3. The Morgan fingerprint density at radius 2 is 1.60 bits per heavy atom. The van der Waals surface area contributed by atoms with E-state index in [1.54, 1.807) is 6.07 Å². The van der Waals surface area contributed by atoms with Gasteiger partial charge in [-0.3, -0.25) is 9.69 Å². The second-order valence-electron chi connectivity index (χ2n) is 8.32. The number of amides is 1. The summed E-state index contributed by atoms with van der Waals surface area (Å²) in [6, 6.07) is 25.0. The van der Waals surface area contributed by atoms with Crippen molar-refractivity contribution in [3.8, 4) is 6.07 Å². The van der Waals surface area contributed by atoms with Crippen molar-refractivity contribution >= 4 is 34.4 Å². The highest BCUT2D eigenvalue weighted by atomic mass is 32.2. The number of nitrogen functional groups attached to an aromatic ring is 1. The number of aromatic nitrogens is 2. The molecule has 0 spiro atoms. The van der Waals surface area contributed by atoms with E-state index >= 15 is 0 Å². The minimum Gasteiger partial charge on any atom is -0.383 e. The molecule has 0 aliphatic carbocycles. The summed E-state index contributed by atoms with van der Waals surface area (Å²) in [4.78, 5) is 28.4. The zero-order valence-corrected chi connectivity index (χ0v) is 19.9. The molecule has 35 heavy (non-hydrogen) atoms. The van der Waals surface area contributed by atoms with Crippen LogP contribution in [-0.4, -0.2) is 51.9 Å². The van der Waals surface area contributed by atoms with Gasteiger partial charge in [0, 0.05) is 41.4 Å². The normalized spacial score (nSPS) is 14.1. The smallest absolute Gasteiger partial charge is 0.255 e. The molecule has 2 heterocycles. The molecule has 4 aromatic rings. The van der Waals surface area contributed by atoms with E-state index in [0.717, 1.165) is 33.8 Å². The van der Waals surface area contributed by atoms with E-state index < -0.39 is 0 Å². The van der Waals surface area contributed by atoms with Gasteiger partial charge in [0.15, 0.2) is 0 Å². The number of para-hydroxylation sites is 1. The number of nitriles is 1. The zero-order chi connectivity index (χ0) is 24.2. The molecule has 1 saturated heterocycles. The van der Waals surface area contributed by atoms with Crippen LogP contribution in [0.1, 0.15) is 21.7 Å². The Morgan fingerprint density at radius 1 is 0.914 bits per heavy atom. The van der Waals surface area contributed by atoms with Crippen LogP contribution in [0, 0.1) is 11.3 Å². The lowest BCUT2D eigenvalue weighted by Crippen LogP contribution is -2.48. The molecule has 1 fully saturated rings. The quantitative estimate of drug-likeness (QED) is 0.457. The van der Waals surface area contributed by atoms with Crippen LogP contribution in [0.3, 0.4) is 0 Å². The van der Waals surface area contributed by atoms with Gasteiger partial charge in [-0.15, -0.1) is 0 Å². The molecule has 0 saturated carbocycles. The number of carbonyl (C=O) groups is 1. The van der Waals surface area contributed by atoms with Gasteiger partial charge in [0.05, 0.1) is 23.2 Å². The molecule has 0 radical (unpaired) electrons. The second-order valence-corrected chi connectivity index (χ2v) is 9.40. The number of benzene rings is 3. The van der Waals surface area contributed by atoms with Crippen LogP contribution in [-0.2, 0) is 6.54 Å². The first kappa shape index (κ1) is 22.8. The highest BCUT2D eigenvalue weighted by Gasteiger charge is 2.25. The lowest BCUT2D eigenvalue weighted by molar-refractivity contribution is 0.0622. The van der Waals surface area contributed by atoms with E-state index in [2.05, 4.69) is 20.9 Å². The van der Waals surface area contributed by atoms with Gasteiger partial charge in [-0.25, -0.2) is 9.97 Å². The fourth-order valence-electron chi connectivity index (χ4n) is 4.20. The maximum atomic E-state index is 13.4. The van der Waals surface area contributed by atoms with Crippen molar-refractivity contribution in [1.29, 1.82) is 5.26 Å². The summed E-state index contributed by atoms with van der Waals surface area (Å²) in [6.45, 7) is 3.29. The third-order valence-electron chi connectivity index (χ3n) is 6.05. The molecule has 1 aromatic heterocycles. The topological polar surface area (TPSA) is 99.1 Å². The lowest BCUT2D eigenvalue weighted by atomic mass is 10.1. The summed E-state index contributed by atoms with van der Waals surface area (Å²) < 4.78 is 0. The van der Waals surface area contributed by atoms with Crippen molar-refractivity contribution < 1.29 is 4.79 Å². The first-order valence-corrected chi connectivity index (χ1v) is 12.2. The number of anilines is 1. The van der Waals surface area contributed by atoms with Gasteiger partial charge >= 0.3 is 0 Å². The molecular formula is C27H24N6OS. The number of hydrogen-bond acceptors (Lipinski definition) is 7. The lowest BCUT2D eigenvalue weighted by Gasteiger charge is -2.34. The molecule has 2 N–H and O–H groups in total. The van der Waals surface area contributed by atoms with Crippen molar-refractivity contribution in [3.05, 3.63) is 89.7 Å². The fourth-order valence-corrected chi connectivity index (χ4v) is 5.22. The first-order valence-electron chi connectivity index (χ1n) is 11.4. The van der Waals surface area contributed by atoms with Gasteiger partial charge in [-0.2, -0.15) is 5.26 Å². The van der Waals surface area contributed by atoms with Crippen LogP contribution in [0.2, 0.25) is 0 Å². The first-order chi connectivity index (χ1) is 17.1. The van der Waals surface area contributed by atoms with Crippen LogP contribution in [0.5, 0.6) is 0 Å². The Kier molecular flexibility index (Phi) is 6.62. The summed E-state index contributed by atoms with van der Waals surface area (Å²) >= 11 is 1.45. The molecule has 1 aliphatic rings. The monoisotopic (exact) mass is 480 g/mol. The van der Waals surface area contributed by atoms with Crippen LogP contribution in [0.15, 0.2) is 82.6 Å². The highest BCUT2D eigenvalue weighted by Crippen LogP contribution is 2.33. The van der Waals surface area contributed by atoms with E-state index in [1.807, 2.05) is 71.6 Å². The zero-order valence-electron chi connectivity index (χ0n) is 19.1. The van der Waals surface area contributed by atoms with Crippen LogP contribution in [0.25, 0.3) is 10.9 Å². The second kappa shape index (κ2) is 10.1. The number of piperazine rings is 1. The van der Waals surface area contributed by atoms with E-state index in [9.17, 15) is 10.1 Å². The van der Waals surface area contributed by atoms with E-state index in [-0.39, 0.29) is 5.91 Å². The molecule has 0 unspecified atom stereocenters. The summed E-state index contributed by atoms with van der Waals surface area (Å²) in [7, 11) is 0. The van der Waals surface area contributed by atoms with Gasteiger partial charge < -0.3 is 10.6 Å². The molecule has 7 nitrogen and oxygen atoms in total. The van der Waals surface area contributed by atoms with E-state index in [0.29, 0.717) is 42.4 Å². The summed E-state index contributed by atoms with van der Waals surface area (Å²) in [5.74, 6) is 1.19. The minimum atomic E-state index is 0.00777. The Bertz CT molecular complexity index is 1420. The molecule has 8 heteroatoms. The Morgan fingerprint density at radius 3 is 2.40 bits per heavy atom. The average Bonchev–Trinajstić information content (AvgIpc) is 2.89. The number of nitrogens with zero attached hydrogens (tertiary/aromatic N) is 5. The van der Waals surface area contributed by atoms with Crippen LogP contribution < -0.4 is 5.73 Å². The number of hydrogen-bond donors (Lipinski definition) is 1.